The molecule has 0 aliphatic carbocycles. The summed E-state index contributed by atoms with van der Waals surface area (Å²) in [6, 6.07) is 17.2. The van der Waals surface area contributed by atoms with Gasteiger partial charge < -0.3 is 20.9 Å². The predicted molar refractivity (Wildman–Crippen MR) is 147 cm³/mol. The van der Waals surface area contributed by atoms with Gasteiger partial charge in [-0.25, -0.2) is 4.98 Å². The molecule has 2 aliphatic rings. The Labute approximate surface area is 222 Å². The van der Waals surface area contributed by atoms with E-state index in [1.807, 2.05) is 69.3 Å². The Bertz CT molecular complexity index is 1390. The van der Waals surface area contributed by atoms with Crippen molar-refractivity contribution < 1.29 is 14.4 Å². The molecule has 1 unspecified atom stereocenters. The Morgan fingerprint density at radius 2 is 1.79 bits per heavy atom. The smallest absolute Gasteiger partial charge is 0.244 e. The van der Waals surface area contributed by atoms with Gasteiger partial charge in [-0.2, -0.15) is 0 Å². The van der Waals surface area contributed by atoms with Crippen molar-refractivity contribution in [3.8, 4) is 0 Å². The summed E-state index contributed by atoms with van der Waals surface area (Å²) in [5.74, 6) is 0.0661. The number of hydrogen-bond donors (Lipinski definition) is 3. The van der Waals surface area contributed by atoms with Crippen LogP contribution in [-0.4, -0.2) is 40.7 Å². The van der Waals surface area contributed by atoms with Crippen molar-refractivity contribution >= 4 is 29.2 Å². The average molecular weight is 512 g/mol. The summed E-state index contributed by atoms with van der Waals surface area (Å²) in [4.78, 5) is 45.4. The highest BCUT2D eigenvalue weighted by molar-refractivity contribution is 5.96. The fraction of sp³-hybridized carbons (Fsp3) is 0.333. The number of carbonyl (C=O) groups is 3. The van der Waals surface area contributed by atoms with Crippen molar-refractivity contribution in [2.45, 2.75) is 46.2 Å². The zero-order valence-electron chi connectivity index (χ0n) is 22.0. The molecule has 0 saturated carbocycles. The van der Waals surface area contributed by atoms with E-state index in [9.17, 15) is 14.4 Å². The minimum atomic E-state index is -0.645. The second-order valence-corrected chi connectivity index (χ2v) is 11.0. The van der Waals surface area contributed by atoms with Gasteiger partial charge in [0.05, 0.1) is 12.5 Å². The van der Waals surface area contributed by atoms with Crippen LogP contribution in [0.4, 0.5) is 11.5 Å². The van der Waals surface area contributed by atoms with E-state index in [2.05, 4.69) is 27.0 Å². The molecule has 0 fully saturated rings. The highest BCUT2D eigenvalue weighted by Gasteiger charge is 2.36. The van der Waals surface area contributed by atoms with Gasteiger partial charge in [0.2, 0.25) is 17.7 Å². The molecule has 0 radical (unpaired) electrons. The number of hydrogen-bond acceptors (Lipinski definition) is 5. The molecule has 196 valence electrons. The van der Waals surface area contributed by atoms with Gasteiger partial charge in [0, 0.05) is 36.8 Å². The first-order valence-corrected chi connectivity index (χ1v) is 12.9. The predicted octanol–water partition coefficient (Wildman–Crippen LogP) is 3.82. The Morgan fingerprint density at radius 3 is 2.61 bits per heavy atom. The molecule has 2 aromatic carbocycles. The molecule has 5 rings (SSSR count). The summed E-state index contributed by atoms with van der Waals surface area (Å²) in [6.45, 7) is 6.85. The summed E-state index contributed by atoms with van der Waals surface area (Å²) in [5, 5.41) is 9.23. The molecule has 8 heteroatoms. The second kappa shape index (κ2) is 10.4. The molecule has 0 spiro atoms. The van der Waals surface area contributed by atoms with Crippen LogP contribution in [0.3, 0.4) is 0 Å². The number of nitrogens with one attached hydrogen (secondary N) is 3. The molecule has 3 aromatic rings. The summed E-state index contributed by atoms with van der Waals surface area (Å²) in [7, 11) is 0. The first-order chi connectivity index (χ1) is 18.2. The Hall–Kier alpha value is -4.04. The number of carbonyl (C=O) groups excluding carboxylic acids is 3. The number of benzene rings is 2. The van der Waals surface area contributed by atoms with Gasteiger partial charge in [0.15, 0.2) is 0 Å². The number of amides is 3. The summed E-state index contributed by atoms with van der Waals surface area (Å²) in [6.07, 6.45) is 2.49. The van der Waals surface area contributed by atoms with Crippen molar-refractivity contribution in [1.29, 1.82) is 0 Å². The molecular weight excluding hydrogens is 478 g/mol. The zero-order chi connectivity index (χ0) is 26.9. The maximum Gasteiger partial charge on any atom is 0.244 e. The van der Waals surface area contributed by atoms with E-state index in [1.54, 1.807) is 11.1 Å². The van der Waals surface area contributed by atoms with Crippen LogP contribution in [0.1, 0.15) is 54.6 Å². The number of aromatic nitrogens is 1. The van der Waals surface area contributed by atoms with Crippen LogP contribution >= 0.6 is 0 Å². The fourth-order valence-corrected chi connectivity index (χ4v) is 5.15. The topological polar surface area (TPSA) is 103 Å². The molecular formula is C30H33N5O3. The van der Waals surface area contributed by atoms with Crippen LogP contribution in [0, 0.1) is 5.41 Å². The highest BCUT2D eigenvalue weighted by atomic mass is 16.2. The van der Waals surface area contributed by atoms with Crippen LogP contribution in [0.5, 0.6) is 0 Å². The third-order valence-corrected chi connectivity index (χ3v) is 7.03. The van der Waals surface area contributed by atoms with Crippen LogP contribution in [0.2, 0.25) is 0 Å². The Morgan fingerprint density at radius 1 is 1.00 bits per heavy atom. The van der Waals surface area contributed by atoms with E-state index in [0.717, 1.165) is 34.4 Å². The third-order valence-electron chi connectivity index (χ3n) is 7.03. The first kappa shape index (κ1) is 25.6. The minimum Gasteiger partial charge on any atom is -0.325 e. The highest BCUT2D eigenvalue weighted by Crippen LogP contribution is 2.31. The number of nitrogens with zero attached hydrogens (tertiary/aromatic N) is 2. The van der Waals surface area contributed by atoms with Gasteiger partial charge in [-0.3, -0.25) is 14.4 Å². The lowest BCUT2D eigenvalue weighted by atomic mass is 9.90. The molecule has 38 heavy (non-hydrogen) atoms. The summed E-state index contributed by atoms with van der Waals surface area (Å²) < 4.78 is 0. The maximum absolute atomic E-state index is 13.5. The van der Waals surface area contributed by atoms with Gasteiger partial charge in [-0.1, -0.05) is 57.2 Å². The molecule has 0 bridgehead atoms. The van der Waals surface area contributed by atoms with Gasteiger partial charge in [0.1, 0.15) is 12.4 Å². The fourth-order valence-electron chi connectivity index (χ4n) is 5.15. The molecule has 3 amide bonds. The molecule has 1 atom stereocenters. The molecule has 3 heterocycles. The monoisotopic (exact) mass is 511 g/mol. The Balaban J connectivity index is 1.37. The number of rotatable bonds is 4. The largest absolute Gasteiger partial charge is 0.325 e. The lowest BCUT2D eigenvalue weighted by Gasteiger charge is -2.39. The van der Waals surface area contributed by atoms with E-state index in [0.29, 0.717) is 24.5 Å². The van der Waals surface area contributed by atoms with Crippen molar-refractivity contribution in [3.05, 3.63) is 88.6 Å². The van der Waals surface area contributed by atoms with Crippen LogP contribution in [-0.2, 0) is 33.8 Å². The molecule has 3 N–H and O–H groups in total. The normalized spacial score (nSPS) is 16.6. The Kier molecular flexibility index (Phi) is 6.99. The van der Waals surface area contributed by atoms with E-state index in [-0.39, 0.29) is 36.7 Å². The zero-order valence-corrected chi connectivity index (χ0v) is 22.0. The number of fused-ring (bicyclic) bond motifs is 3. The molecule has 2 aliphatic heterocycles. The van der Waals surface area contributed by atoms with E-state index in [1.165, 1.54) is 0 Å². The van der Waals surface area contributed by atoms with E-state index in [4.69, 9.17) is 0 Å². The SMILES string of the molecule is CC(C)(C)C(=O)N(CC(=O)Nc1ccc2c(c1)CC(=O)Nc1ncccc1C2)C1CNCc2ccccc21. The van der Waals surface area contributed by atoms with Gasteiger partial charge in [0.25, 0.3) is 0 Å². The van der Waals surface area contributed by atoms with Crippen LogP contribution < -0.4 is 16.0 Å². The standard InChI is InChI=1S/C30H33N5O3/c1-30(2,3)29(38)35(25-17-31-16-21-7-4-5-9-24(21)25)18-27(37)33-23-11-10-19-13-20-8-6-12-32-28(20)34-26(36)15-22(19)14-23/h4-12,14,25,31H,13,15-18H2,1-3H3,(H,33,37)(H,32,34,36). The number of pyridine rings is 1. The molecule has 1 aromatic heterocycles. The number of anilines is 2. The third kappa shape index (κ3) is 5.45. The van der Waals surface area contributed by atoms with E-state index >= 15 is 0 Å². The lowest BCUT2D eigenvalue weighted by molar-refractivity contribution is -0.144. The lowest BCUT2D eigenvalue weighted by Crippen LogP contribution is -2.49. The summed E-state index contributed by atoms with van der Waals surface area (Å²) >= 11 is 0. The van der Waals surface area contributed by atoms with Crippen molar-refractivity contribution in [2.24, 2.45) is 5.41 Å². The van der Waals surface area contributed by atoms with Crippen molar-refractivity contribution in [3.63, 3.8) is 0 Å². The maximum atomic E-state index is 13.5. The van der Waals surface area contributed by atoms with E-state index < -0.39 is 5.41 Å². The average Bonchev–Trinajstić information content (AvgIpc) is 2.87. The van der Waals surface area contributed by atoms with Crippen molar-refractivity contribution in [1.82, 2.24) is 15.2 Å². The van der Waals surface area contributed by atoms with Crippen LogP contribution in [0.25, 0.3) is 0 Å². The van der Waals surface area contributed by atoms with Gasteiger partial charge in [-0.05, 0) is 46.0 Å². The quantitative estimate of drug-likeness (QED) is 0.494. The van der Waals surface area contributed by atoms with Gasteiger partial charge >= 0.3 is 0 Å². The van der Waals surface area contributed by atoms with Gasteiger partial charge in [-0.15, -0.1) is 0 Å². The first-order valence-electron chi connectivity index (χ1n) is 12.9. The molecule has 0 saturated heterocycles. The van der Waals surface area contributed by atoms with Crippen molar-refractivity contribution in [2.75, 3.05) is 23.7 Å². The summed E-state index contributed by atoms with van der Waals surface area (Å²) in [5.41, 5.74) is 4.96. The second-order valence-electron chi connectivity index (χ2n) is 11.0. The molecule has 8 nitrogen and oxygen atoms in total. The van der Waals surface area contributed by atoms with Crippen LogP contribution in [0.15, 0.2) is 60.8 Å². The minimum absolute atomic E-state index is 0.0760.